The summed E-state index contributed by atoms with van der Waals surface area (Å²) in [5, 5.41) is 8.04. The number of halogens is 1. The fourth-order valence-electron chi connectivity index (χ4n) is 3.32. The van der Waals surface area contributed by atoms with E-state index in [9.17, 15) is 9.18 Å². The molecule has 28 heavy (non-hydrogen) atoms. The van der Waals surface area contributed by atoms with E-state index < -0.39 is 0 Å². The number of benzene rings is 1. The van der Waals surface area contributed by atoms with Crippen LogP contribution in [0.5, 0.6) is 0 Å². The predicted octanol–water partition coefficient (Wildman–Crippen LogP) is 4.51. The summed E-state index contributed by atoms with van der Waals surface area (Å²) in [6.45, 7) is 1.49. The number of nitrogens with zero attached hydrogens (tertiary/aromatic N) is 3. The Hall–Kier alpha value is -2.19. The third-order valence-corrected chi connectivity index (χ3v) is 6.44. The minimum absolute atomic E-state index is 0.114. The molecule has 0 saturated carbocycles. The number of hydrogen-bond donors (Lipinski definition) is 0. The van der Waals surface area contributed by atoms with Crippen molar-refractivity contribution in [3.63, 3.8) is 0 Å². The number of carbonyl (C=O) groups excluding carboxylic acids is 1. The standard InChI is InChI=1S/C20H20FN3O2S2/c21-16-3-5-17(6-4-16)28-13-19(25)24-8-1-2-14(11-24)10-18-22-20(23-26-18)15-7-9-27-12-15/h3-7,9,12,14H,1-2,8,10-11,13H2/t14-/m0/s1. The van der Waals surface area contributed by atoms with Gasteiger partial charge in [-0.05, 0) is 54.5 Å². The summed E-state index contributed by atoms with van der Waals surface area (Å²) in [5.41, 5.74) is 0.971. The highest BCUT2D eigenvalue weighted by atomic mass is 32.2. The topological polar surface area (TPSA) is 59.2 Å². The van der Waals surface area contributed by atoms with Crippen molar-refractivity contribution in [2.24, 2.45) is 5.92 Å². The molecule has 146 valence electrons. The maximum atomic E-state index is 13.0. The van der Waals surface area contributed by atoms with Gasteiger partial charge in [-0.25, -0.2) is 4.39 Å². The van der Waals surface area contributed by atoms with Gasteiger partial charge in [-0.2, -0.15) is 16.3 Å². The van der Waals surface area contributed by atoms with Crippen LogP contribution in [0.25, 0.3) is 11.4 Å². The van der Waals surface area contributed by atoms with Gasteiger partial charge in [-0.3, -0.25) is 4.79 Å². The molecule has 1 saturated heterocycles. The fourth-order valence-corrected chi connectivity index (χ4v) is 4.75. The molecule has 3 aromatic rings. The zero-order valence-corrected chi connectivity index (χ0v) is 16.8. The summed E-state index contributed by atoms with van der Waals surface area (Å²) < 4.78 is 18.4. The van der Waals surface area contributed by atoms with E-state index in [0.29, 0.717) is 36.4 Å². The molecule has 8 heteroatoms. The number of thioether (sulfide) groups is 1. The van der Waals surface area contributed by atoms with Gasteiger partial charge in [-0.1, -0.05) is 5.16 Å². The molecule has 2 aromatic heterocycles. The van der Waals surface area contributed by atoms with E-state index in [-0.39, 0.29) is 11.7 Å². The van der Waals surface area contributed by atoms with E-state index in [1.807, 2.05) is 21.7 Å². The summed E-state index contributed by atoms with van der Waals surface area (Å²) in [6.07, 6.45) is 2.71. The molecule has 1 aliphatic heterocycles. The van der Waals surface area contributed by atoms with Gasteiger partial charge in [-0.15, -0.1) is 11.8 Å². The summed E-state index contributed by atoms with van der Waals surface area (Å²) in [5.74, 6) is 1.78. The number of amides is 1. The number of likely N-dealkylation sites (tertiary alicyclic amines) is 1. The SMILES string of the molecule is O=C(CSc1ccc(F)cc1)N1CCC[C@@H](Cc2nc(-c3ccsc3)no2)C1. The first-order valence-corrected chi connectivity index (χ1v) is 11.1. The van der Waals surface area contributed by atoms with Crippen LogP contribution in [0.4, 0.5) is 4.39 Å². The lowest BCUT2D eigenvalue weighted by molar-refractivity contribution is -0.130. The normalized spacial score (nSPS) is 17.0. The van der Waals surface area contributed by atoms with Crippen molar-refractivity contribution in [3.8, 4) is 11.4 Å². The highest BCUT2D eigenvalue weighted by Crippen LogP contribution is 2.25. The van der Waals surface area contributed by atoms with Gasteiger partial charge in [0.2, 0.25) is 17.6 Å². The molecule has 0 unspecified atom stereocenters. The predicted molar refractivity (Wildman–Crippen MR) is 108 cm³/mol. The second kappa shape index (κ2) is 8.87. The van der Waals surface area contributed by atoms with Gasteiger partial charge >= 0.3 is 0 Å². The molecular formula is C20H20FN3O2S2. The maximum Gasteiger partial charge on any atom is 0.232 e. The third kappa shape index (κ3) is 4.80. The van der Waals surface area contributed by atoms with E-state index in [1.165, 1.54) is 23.9 Å². The van der Waals surface area contributed by atoms with Gasteiger partial charge in [0, 0.05) is 35.3 Å². The van der Waals surface area contributed by atoms with E-state index >= 15 is 0 Å². The van der Waals surface area contributed by atoms with Crippen LogP contribution >= 0.6 is 23.1 Å². The van der Waals surface area contributed by atoms with Gasteiger partial charge in [0.15, 0.2) is 0 Å². The molecule has 1 amide bonds. The van der Waals surface area contributed by atoms with Crippen LogP contribution in [0.1, 0.15) is 18.7 Å². The lowest BCUT2D eigenvalue weighted by Crippen LogP contribution is -2.41. The van der Waals surface area contributed by atoms with Crippen molar-refractivity contribution in [1.29, 1.82) is 0 Å². The lowest BCUT2D eigenvalue weighted by atomic mass is 9.95. The molecule has 4 rings (SSSR count). The number of thiophene rings is 1. The van der Waals surface area contributed by atoms with Crippen molar-refractivity contribution in [1.82, 2.24) is 15.0 Å². The second-order valence-electron chi connectivity index (χ2n) is 6.82. The zero-order valence-electron chi connectivity index (χ0n) is 15.2. The van der Waals surface area contributed by atoms with Gasteiger partial charge in [0.05, 0.1) is 5.75 Å². The largest absolute Gasteiger partial charge is 0.342 e. The molecule has 1 aliphatic rings. The molecule has 5 nitrogen and oxygen atoms in total. The van der Waals surface area contributed by atoms with Gasteiger partial charge in [0.25, 0.3) is 0 Å². The average molecular weight is 418 g/mol. The number of aromatic nitrogens is 2. The van der Waals surface area contributed by atoms with E-state index in [4.69, 9.17) is 4.52 Å². The van der Waals surface area contributed by atoms with Crippen LogP contribution in [0, 0.1) is 11.7 Å². The zero-order chi connectivity index (χ0) is 19.3. The molecule has 0 spiro atoms. The Balaban J connectivity index is 1.30. The van der Waals surface area contributed by atoms with Crippen molar-refractivity contribution < 1.29 is 13.7 Å². The first-order valence-electron chi connectivity index (χ1n) is 9.18. The van der Waals surface area contributed by atoms with Crippen LogP contribution < -0.4 is 0 Å². The smallest absolute Gasteiger partial charge is 0.232 e. The Bertz CT molecular complexity index is 912. The average Bonchev–Trinajstić information content (AvgIpc) is 3.39. The Morgan fingerprint density at radius 2 is 2.18 bits per heavy atom. The van der Waals surface area contributed by atoms with Crippen LogP contribution in [0.2, 0.25) is 0 Å². The maximum absolute atomic E-state index is 13.0. The number of carbonyl (C=O) groups is 1. The first-order chi connectivity index (χ1) is 13.7. The molecular weight excluding hydrogens is 397 g/mol. The Morgan fingerprint density at radius 3 is 2.96 bits per heavy atom. The fraction of sp³-hybridized carbons (Fsp3) is 0.350. The molecule has 1 fully saturated rings. The van der Waals surface area contributed by atoms with E-state index in [2.05, 4.69) is 10.1 Å². The van der Waals surface area contributed by atoms with Gasteiger partial charge < -0.3 is 9.42 Å². The van der Waals surface area contributed by atoms with Crippen molar-refractivity contribution in [2.45, 2.75) is 24.2 Å². The quantitative estimate of drug-likeness (QED) is 0.552. The monoisotopic (exact) mass is 417 g/mol. The summed E-state index contributed by atoms with van der Waals surface area (Å²) in [6, 6.07) is 8.20. The van der Waals surface area contributed by atoms with Crippen LogP contribution in [0.15, 0.2) is 50.5 Å². The number of piperidine rings is 1. The van der Waals surface area contributed by atoms with Gasteiger partial charge in [0.1, 0.15) is 5.82 Å². The Kier molecular flexibility index (Phi) is 6.07. The summed E-state index contributed by atoms with van der Waals surface area (Å²) in [4.78, 5) is 19.9. The van der Waals surface area contributed by atoms with Crippen LogP contribution in [-0.2, 0) is 11.2 Å². The minimum Gasteiger partial charge on any atom is -0.342 e. The number of rotatable bonds is 6. The highest BCUT2D eigenvalue weighted by molar-refractivity contribution is 8.00. The van der Waals surface area contributed by atoms with Crippen molar-refractivity contribution >= 4 is 29.0 Å². The van der Waals surface area contributed by atoms with Crippen molar-refractivity contribution in [3.05, 3.63) is 52.8 Å². The molecule has 0 bridgehead atoms. The first kappa shape index (κ1) is 19.1. The van der Waals surface area contributed by atoms with E-state index in [1.54, 1.807) is 23.5 Å². The molecule has 0 radical (unpaired) electrons. The van der Waals surface area contributed by atoms with E-state index in [0.717, 1.165) is 29.8 Å². The van der Waals surface area contributed by atoms with Crippen LogP contribution in [-0.4, -0.2) is 39.8 Å². The molecule has 3 heterocycles. The molecule has 0 N–H and O–H groups in total. The number of hydrogen-bond acceptors (Lipinski definition) is 6. The minimum atomic E-state index is -0.266. The summed E-state index contributed by atoms with van der Waals surface area (Å²) >= 11 is 3.04. The third-order valence-electron chi connectivity index (χ3n) is 4.76. The molecule has 0 aliphatic carbocycles. The highest BCUT2D eigenvalue weighted by Gasteiger charge is 2.25. The lowest BCUT2D eigenvalue weighted by Gasteiger charge is -2.32. The second-order valence-corrected chi connectivity index (χ2v) is 8.65. The molecule has 1 atom stereocenters. The Labute approximate surface area is 170 Å². The van der Waals surface area contributed by atoms with Crippen molar-refractivity contribution in [2.75, 3.05) is 18.8 Å². The Morgan fingerprint density at radius 1 is 1.32 bits per heavy atom. The van der Waals surface area contributed by atoms with Crippen LogP contribution in [0.3, 0.4) is 0 Å². The molecule has 1 aromatic carbocycles. The summed E-state index contributed by atoms with van der Waals surface area (Å²) in [7, 11) is 0.